The normalized spacial score (nSPS) is 10.1. The number of carbonyl (C=O) groups is 1. The summed E-state index contributed by atoms with van der Waals surface area (Å²) in [5.41, 5.74) is 1.02. The number of rotatable bonds is 3. The fourth-order valence-corrected chi connectivity index (χ4v) is 1.60. The number of halogens is 1. The van der Waals surface area contributed by atoms with Crippen LogP contribution in [-0.2, 0) is 0 Å². The minimum Gasteiger partial charge on any atom is -0.478 e. The summed E-state index contributed by atoms with van der Waals surface area (Å²) >= 11 is 5.83. The molecule has 92 valence electrons. The third kappa shape index (κ3) is 2.78. The summed E-state index contributed by atoms with van der Waals surface area (Å²) in [6.45, 7) is 1.89. The molecule has 0 unspecified atom stereocenters. The second-order valence-electron chi connectivity index (χ2n) is 3.72. The number of hydrogen-bond acceptors (Lipinski definition) is 3. The first-order valence-corrected chi connectivity index (χ1v) is 5.57. The van der Waals surface area contributed by atoms with Crippen LogP contribution in [0.25, 0.3) is 0 Å². The molecule has 0 saturated carbocycles. The van der Waals surface area contributed by atoms with Gasteiger partial charge in [-0.1, -0.05) is 11.6 Å². The molecule has 0 amide bonds. The van der Waals surface area contributed by atoms with E-state index < -0.39 is 5.97 Å². The lowest BCUT2D eigenvalue weighted by atomic mass is 10.2. The van der Waals surface area contributed by atoms with Gasteiger partial charge in [0, 0.05) is 23.4 Å². The lowest BCUT2D eigenvalue weighted by Crippen LogP contribution is -2.00. The van der Waals surface area contributed by atoms with E-state index in [1.165, 1.54) is 18.2 Å². The zero-order chi connectivity index (χ0) is 13.1. The van der Waals surface area contributed by atoms with Crippen molar-refractivity contribution in [1.29, 1.82) is 0 Å². The van der Waals surface area contributed by atoms with E-state index in [4.69, 9.17) is 21.4 Å². The molecule has 0 aliphatic carbocycles. The van der Waals surface area contributed by atoms with Gasteiger partial charge in [0.1, 0.15) is 11.3 Å². The maximum absolute atomic E-state index is 11.0. The molecule has 0 atom stereocenters. The number of hydrogen-bond donors (Lipinski definition) is 1. The van der Waals surface area contributed by atoms with Gasteiger partial charge in [-0.25, -0.2) is 9.78 Å². The summed E-state index contributed by atoms with van der Waals surface area (Å²) in [6, 6.07) is 7.89. The van der Waals surface area contributed by atoms with Crippen LogP contribution in [0.4, 0.5) is 0 Å². The van der Waals surface area contributed by atoms with Crippen LogP contribution in [0.3, 0.4) is 0 Å². The minimum atomic E-state index is -1.07. The Bertz CT molecular complexity index is 599. The summed E-state index contributed by atoms with van der Waals surface area (Å²) < 4.78 is 5.46. The van der Waals surface area contributed by atoms with Gasteiger partial charge in [0.15, 0.2) is 0 Å². The number of carboxylic acid groups (broad SMARTS) is 1. The molecule has 0 aliphatic heterocycles. The molecule has 0 radical (unpaired) electrons. The van der Waals surface area contributed by atoms with E-state index in [2.05, 4.69) is 4.98 Å². The number of aromatic carboxylic acids is 1. The number of aryl methyl sites for hydroxylation is 1. The molecule has 0 aliphatic rings. The Labute approximate surface area is 109 Å². The lowest BCUT2D eigenvalue weighted by Gasteiger charge is -2.08. The van der Waals surface area contributed by atoms with Crippen molar-refractivity contribution in [1.82, 2.24) is 4.98 Å². The van der Waals surface area contributed by atoms with Crippen LogP contribution in [0, 0.1) is 6.92 Å². The predicted octanol–water partition coefficient (Wildman–Crippen LogP) is 3.53. The van der Waals surface area contributed by atoms with E-state index in [0.29, 0.717) is 10.9 Å². The van der Waals surface area contributed by atoms with E-state index in [1.807, 2.05) is 13.0 Å². The average Bonchev–Trinajstić information content (AvgIpc) is 2.28. The minimum absolute atomic E-state index is 0.0442. The molecule has 0 spiro atoms. The SMILES string of the molecule is Cc1ccnc(Oc2cc(Cl)ccc2C(=O)O)c1. The van der Waals surface area contributed by atoms with Gasteiger partial charge in [-0.2, -0.15) is 0 Å². The first-order chi connectivity index (χ1) is 8.56. The first kappa shape index (κ1) is 12.4. The molecule has 0 bridgehead atoms. The van der Waals surface area contributed by atoms with Crippen LogP contribution < -0.4 is 4.74 Å². The number of benzene rings is 1. The van der Waals surface area contributed by atoms with Crippen molar-refractivity contribution in [2.75, 3.05) is 0 Å². The number of aromatic nitrogens is 1. The standard InChI is InChI=1S/C13H10ClNO3/c1-8-4-5-15-12(6-8)18-11-7-9(14)2-3-10(11)13(16)17/h2-7H,1H3,(H,16,17). The van der Waals surface area contributed by atoms with Gasteiger partial charge in [-0.05, 0) is 30.7 Å². The Balaban J connectivity index is 2.39. The van der Waals surface area contributed by atoms with Crippen molar-refractivity contribution < 1.29 is 14.6 Å². The lowest BCUT2D eigenvalue weighted by molar-refractivity contribution is 0.0694. The number of ether oxygens (including phenoxy) is 1. The molecular formula is C13H10ClNO3. The number of pyridine rings is 1. The van der Waals surface area contributed by atoms with Crippen LogP contribution in [0.2, 0.25) is 5.02 Å². The monoisotopic (exact) mass is 263 g/mol. The van der Waals surface area contributed by atoms with Crippen LogP contribution >= 0.6 is 11.6 Å². The van der Waals surface area contributed by atoms with Crippen LogP contribution in [0.15, 0.2) is 36.5 Å². The van der Waals surface area contributed by atoms with Gasteiger partial charge in [0.2, 0.25) is 5.88 Å². The molecule has 5 heteroatoms. The molecule has 2 aromatic rings. The second-order valence-corrected chi connectivity index (χ2v) is 4.16. The van der Waals surface area contributed by atoms with Gasteiger partial charge in [-0.3, -0.25) is 0 Å². The van der Waals surface area contributed by atoms with E-state index in [1.54, 1.807) is 12.3 Å². The second kappa shape index (κ2) is 5.06. The molecule has 1 N–H and O–H groups in total. The molecule has 2 rings (SSSR count). The highest BCUT2D eigenvalue weighted by Gasteiger charge is 2.13. The average molecular weight is 264 g/mol. The Hall–Kier alpha value is -2.07. The summed E-state index contributed by atoms with van der Waals surface area (Å²) in [6.07, 6.45) is 1.59. The molecule has 4 nitrogen and oxygen atoms in total. The maximum atomic E-state index is 11.0. The Kier molecular flexibility index (Phi) is 3.48. The number of nitrogens with zero attached hydrogens (tertiary/aromatic N) is 1. The third-order valence-corrected chi connectivity index (χ3v) is 2.51. The van der Waals surface area contributed by atoms with Crippen molar-refractivity contribution in [3.05, 3.63) is 52.7 Å². The van der Waals surface area contributed by atoms with Crippen LogP contribution in [0.1, 0.15) is 15.9 Å². The molecule has 0 fully saturated rings. The predicted molar refractivity (Wildman–Crippen MR) is 67.5 cm³/mol. The first-order valence-electron chi connectivity index (χ1n) is 5.19. The van der Waals surface area contributed by atoms with E-state index in [-0.39, 0.29) is 11.3 Å². The maximum Gasteiger partial charge on any atom is 0.339 e. The van der Waals surface area contributed by atoms with E-state index in [0.717, 1.165) is 5.56 Å². The van der Waals surface area contributed by atoms with Gasteiger partial charge < -0.3 is 9.84 Å². The fraction of sp³-hybridized carbons (Fsp3) is 0.0769. The van der Waals surface area contributed by atoms with Crippen molar-refractivity contribution in [3.63, 3.8) is 0 Å². The zero-order valence-corrected chi connectivity index (χ0v) is 10.3. The van der Waals surface area contributed by atoms with Crippen molar-refractivity contribution in [3.8, 4) is 11.6 Å². The summed E-state index contributed by atoms with van der Waals surface area (Å²) in [5, 5.41) is 9.45. The van der Waals surface area contributed by atoms with Crippen molar-refractivity contribution in [2.24, 2.45) is 0 Å². The highest BCUT2D eigenvalue weighted by molar-refractivity contribution is 6.30. The van der Waals surface area contributed by atoms with E-state index in [9.17, 15) is 4.79 Å². The Morgan fingerprint density at radius 1 is 1.33 bits per heavy atom. The van der Waals surface area contributed by atoms with Gasteiger partial charge in [0.05, 0.1) is 0 Å². The molecule has 1 aromatic carbocycles. The molecule has 1 heterocycles. The highest BCUT2D eigenvalue weighted by atomic mass is 35.5. The number of carboxylic acids is 1. The van der Waals surface area contributed by atoms with Crippen molar-refractivity contribution in [2.45, 2.75) is 6.92 Å². The smallest absolute Gasteiger partial charge is 0.339 e. The van der Waals surface area contributed by atoms with E-state index >= 15 is 0 Å². The topological polar surface area (TPSA) is 59.4 Å². The Morgan fingerprint density at radius 3 is 2.78 bits per heavy atom. The zero-order valence-electron chi connectivity index (χ0n) is 9.55. The molecule has 0 saturated heterocycles. The van der Waals surface area contributed by atoms with Crippen molar-refractivity contribution >= 4 is 17.6 Å². The molecule has 1 aromatic heterocycles. The van der Waals surface area contributed by atoms with Gasteiger partial charge in [0.25, 0.3) is 0 Å². The van der Waals surface area contributed by atoms with Gasteiger partial charge >= 0.3 is 5.97 Å². The highest BCUT2D eigenvalue weighted by Crippen LogP contribution is 2.27. The third-order valence-electron chi connectivity index (χ3n) is 2.28. The Morgan fingerprint density at radius 2 is 2.11 bits per heavy atom. The molecule has 18 heavy (non-hydrogen) atoms. The summed E-state index contributed by atoms with van der Waals surface area (Å²) in [7, 11) is 0. The van der Waals surface area contributed by atoms with Gasteiger partial charge in [-0.15, -0.1) is 0 Å². The summed E-state index contributed by atoms with van der Waals surface area (Å²) in [5.74, 6) is -0.567. The van der Waals surface area contributed by atoms with Crippen LogP contribution in [-0.4, -0.2) is 16.1 Å². The fourth-order valence-electron chi connectivity index (χ4n) is 1.43. The van der Waals surface area contributed by atoms with Crippen LogP contribution in [0.5, 0.6) is 11.6 Å². The molecular weight excluding hydrogens is 254 g/mol. The largest absolute Gasteiger partial charge is 0.478 e. The summed E-state index contributed by atoms with van der Waals surface area (Å²) in [4.78, 5) is 15.1. The quantitative estimate of drug-likeness (QED) is 0.920.